The predicted octanol–water partition coefficient (Wildman–Crippen LogP) is -0.178. The van der Waals surface area contributed by atoms with Gasteiger partial charge in [-0.15, -0.1) is 0 Å². The summed E-state index contributed by atoms with van der Waals surface area (Å²) in [5.74, 6) is 0.927. The third-order valence-electron chi connectivity index (χ3n) is 2.12. The van der Waals surface area contributed by atoms with Gasteiger partial charge in [-0.1, -0.05) is 0 Å². The summed E-state index contributed by atoms with van der Waals surface area (Å²) in [5.41, 5.74) is 0. The minimum absolute atomic E-state index is 0.877. The van der Waals surface area contributed by atoms with Crippen LogP contribution in [0.2, 0.25) is 0 Å². The van der Waals surface area contributed by atoms with Crippen molar-refractivity contribution >= 4 is 5.96 Å². The molecule has 0 spiro atoms. The second kappa shape index (κ2) is 4.64. The molecule has 0 radical (unpaired) electrons. The Kier molecular flexibility index (Phi) is 3.00. The minimum Gasteiger partial charge on any atom is -0.356 e. The highest BCUT2D eigenvalue weighted by Crippen LogP contribution is 1.88. The second-order valence-corrected chi connectivity index (χ2v) is 3.24. The first-order chi connectivity index (χ1) is 6.95. The number of guanidine groups is 1. The molecule has 0 aromatic carbocycles. The number of rotatable bonds is 3. The molecule has 0 fully saturated rings. The Labute approximate surface area is 83.2 Å². The quantitative estimate of drug-likeness (QED) is 0.700. The number of imidazole rings is 1. The molecule has 2 heterocycles. The first-order valence-corrected chi connectivity index (χ1v) is 4.93. The summed E-state index contributed by atoms with van der Waals surface area (Å²) in [6.45, 7) is 3.75. The van der Waals surface area contributed by atoms with Crippen LogP contribution < -0.4 is 10.6 Å². The molecule has 0 amide bonds. The normalized spacial score (nSPS) is 15.9. The number of nitrogens with one attached hydrogen (secondary N) is 2. The molecule has 0 saturated heterocycles. The molecule has 0 saturated carbocycles. The van der Waals surface area contributed by atoms with E-state index in [4.69, 9.17) is 0 Å². The summed E-state index contributed by atoms with van der Waals surface area (Å²) in [7, 11) is 0. The average molecular weight is 193 g/mol. The van der Waals surface area contributed by atoms with Crippen LogP contribution >= 0.6 is 0 Å². The lowest BCUT2D eigenvalue weighted by Crippen LogP contribution is -2.41. The Morgan fingerprint density at radius 1 is 1.57 bits per heavy atom. The number of aromatic nitrogens is 2. The molecule has 1 aliphatic heterocycles. The lowest BCUT2D eigenvalue weighted by Gasteiger charge is -2.15. The van der Waals surface area contributed by atoms with E-state index in [0.29, 0.717) is 0 Å². The first kappa shape index (κ1) is 9.05. The molecule has 76 valence electrons. The molecular weight excluding hydrogens is 178 g/mol. The zero-order valence-corrected chi connectivity index (χ0v) is 8.11. The van der Waals surface area contributed by atoms with Crippen LogP contribution in [0.4, 0.5) is 0 Å². The summed E-state index contributed by atoms with van der Waals surface area (Å²) in [6.07, 6.45) is 6.69. The molecule has 0 bridgehead atoms. The van der Waals surface area contributed by atoms with E-state index in [2.05, 4.69) is 20.6 Å². The van der Waals surface area contributed by atoms with Gasteiger partial charge in [0.15, 0.2) is 5.96 Å². The number of aliphatic imine (C=N–C) groups is 1. The molecule has 5 heteroatoms. The Morgan fingerprint density at radius 2 is 2.57 bits per heavy atom. The van der Waals surface area contributed by atoms with Crippen molar-refractivity contribution in [1.29, 1.82) is 0 Å². The van der Waals surface area contributed by atoms with Crippen LogP contribution in [0.25, 0.3) is 0 Å². The average Bonchev–Trinajstić information content (AvgIpc) is 2.72. The fourth-order valence-electron chi connectivity index (χ4n) is 1.37. The Bertz CT molecular complexity index is 290. The fourth-order valence-corrected chi connectivity index (χ4v) is 1.37. The highest BCUT2D eigenvalue weighted by Gasteiger charge is 2.01. The lowest BCUT2D eigenvalue weighted by atomic mass is 10.4. The predicted molar refractivity (Wildman–Crippen MR) is 55.2 cm³/mol. The Balaban J connectivity index is 1.70. The van der Waals surface area contributed by atoms with Crippen molar-refractivity contribution in [2.24, 2.45) is 4.99 Å². The molecule has 1 aromatic rings. The van der Waals surface area contributed by atoms with E-state index in [1.165, 1.54) is 0 Å². The van der Waals surface area contributed by atoms with E-state index in [0.717, 1.165) is 38.6 Å². The van der Waals surface area contributed by atoms with Crippen molar-refractivity contribution < 1.29 is 0 Å². The molecule has 2 N–H and O–H groups in total. The van der Waals surface area contributed by atoms with Crippen LogP contribution in [0.1, 0.15) is 6.42 Å². The number of hydrogen-bond donors (Lipinski definition) is 2. The van der Waals surface area contributed by atoms with Gasteiger partial charge in [-0.25, -0.2) is 4.98 Å². The molecule has 1 aromatic heterocycles. The molecule has 1 aliphatic rings. The van der Waals surface area contributed by atoms with E-state index < -0.39 is 0 Å². The Hall–Kier alpha value is -1.52. The lowest BCUT2D eigenvalue weighted by molar-refractivity contribution is 0.644. The van der Waals surface area contributed by atoms with Crippen LogP contribution in [0.5, 0.6) is 0 Å². The summed E-state index contributed by atoms with van der Waals surface area (Å²) in [4.78, 5) is 8.29. The van der Waals surface area contributed by atoms with Crippen LogP contribution in [-0.4, -0.2) is 35.1 Å². The largest absolute Gasteiger partial charge is 0.356 e. The number of hydrogen-bond acceptors (Lipinski definition) is 4. The topological polar surface area (TPSA) is 54.2 Å². The van der Waals surface area contributed by atoms with E-state index in [-0.39, 0.29) is 0 Å². The summed E-state index contributed by atoms with van der Waals surface area (Å²) < 4.78 is 2.04. The van der Waals surface area contributed by atoms with Crippen molar-refractivity contribution in [3.63, 3.8) is 0 Å². The van der Waals surface area contributed by atoms with E-state index in [1.54, 1.807) is 6.20 Å². The highest BCUT2D eigenvalue weighted by molar-refractivity contribution is 5.80. The third kappa shape index (κ3) is 2.48. The molecule has 2 rings (SSSR count). The smallest absolute Gasteiger partial charge is 0.191 e. The van der Waals surface area contributed by atoms with Gasteiger partial charge in [0, 0.05) is 38.6 Å². The van der Waals surface area contributed by atoms with Crippen LogP contribution in [0, 0.1) is 0 Å². The van der Waals surface area contributed by atoms with Crippen molar-refractivity contribution in [2.75, 3.05) is 19.6 Å². The standard InChI is InChI=1S/C9H15N5/c1-2-11-9(12-3-1)13-5-7-14-6-4-10-8-14/h4,6,8H,1-3,5,7H2,(H2,11,12,13). The molecule has 0 aliphatic carbocycles. The molecule has 14 heavy (non-hydrogen) atoms. The maximum Gasteiger partial charge on any atom is 0.191 e. The number of nitrogens with zero attached hydrogens (tertiary/aromatic N) is 3. The van der Waals surface area contributed by atoms with Crippen molar-refractivity contribution in [3.8, 4) is 0 Å². The van der Waals surface area contributed by atoms with Gasteiger partial charge in [-0.2, -0.15) is 0 Å². The van der Waals surface area contributed by atoms with Gasteiger partial charge in [0.05, 0.1) is 6.33 Å². The minimum atomic E-state index is 0.877. The van der Waals surface area contributed by atoms with Gasteiger partial charge in [-0.05, 0) is 6.42 Å². The maximum absolute atomic E-state index is 4.32. The van der Waals surface area contributed by atoms with E-state index >= 15 is 0 Å². The van der Waals surface area contributed by atoms with Gasteiger partial charge in [-0.3, -0.25) is 4.99 Å². The third-order valence-corrected chi connectivity index (χ3v) is 2.12. The van der Waals surface area contributed by atoms with E-state index in [9.17, 15) is 0 Å². The van der Waals surface area contributed by atoms with Crippen LogP contribution in [0.15, 0.2) is 23.7 Å². The Morgan fingerprint density at radius 3 is 3.29 bits per heavy atom. The molecule has 5 nitrogen and oxygen atoms in total. The first-order valence-electron chi connectivity index (χ1n) is 4.93. The summed E-state index contributed by atoms with van der Waals surface area (Å²) in [6, 6.07) is 0. The van der Waals surface area contributed by atoms with Gasteiger partial charge >= 0.3 is 0 Å². The second-order valence-electron chi connectivity index (χ2n) is 3.24. The van der Waals surface area contributed by atoms with Crippen LogP contribution in [0.3, 0.4) is 0 Å². The van der Waals surface area contributed by atoms with E-state index in [1.807, 2.05) is 17.1 Å². The van der Waals surface area contributed by atoms with Gasteiger partial charge in [0.1, 0.15) is 0 Å². The molecular formula is C9H15N5. The molecule has 0 unspecified atom stereocenters. The zero-order chi connectivity index (χ0) is 9.64. The fraction of sp³-hybridized carbons (Fsp3) is 0.556. The monoisotopic (exact) mass is 193 g/mol. The highest BCUT2D eigenvalue weighted by atomic mass is 15.2. The van der Waals surface area contributed by atoms with Crippen molar-refractivity contribution in [3.05, 3.63) is 18.7 Å². The van der Waals surface area contributed by atoms with Crippen LogP contribution in [-0.2, 0) is 6.54 Å². The van der Waals surface area contributed by atoms with Gasteiger partial charge < -0.3 is 15.2 Å². The summed E-state index contributed by atoms with van der Waals surface area (Å²) in [5, 5.41) is 6.46. The zero-order valence-electron chi connectivity index (χ0n) is 8.11. The SMILES string of the molecule is c1cn(CCNC2=NCCCN2)cn1. The van der Waals surface area contributed by atoms with Crippen molar-refractivity contribution in [2.45, 2.75) is 13.0 Å². The van der Waals surface area contributed by atoms with Gasteiger partial charge in [0.2, 0.25) is 0 Å². The maximum atomic E-state index is 4.32. The molecule has 0 atom stereocenters. The van der Waals surface area contributed by atoms with Crippen molar-refractivity contribution in [1.82, 2.24) is 20.2 Å². The van der Waals surface area contributed by atoms with Gasteiger partial charge in [0.25, 0.3) is 0 Å². The summed E-state index contributed by atoms with van der Waals surface area (Å²) >= 11 is 0.